The monoisotopic (exact) mass is 362 g/mol. The fourth-order valence-electron chi connectivity index (χ4n) is 5.82. The molecule has 0 bridgehead atoms. The molecule has 5 atom stereocenters. The minimum Gasteiger partial charge on any atom is -0.216 e. The average Bonchev–Trinajstić information content (AvgIpc) is 2.65. The highest BCUT2D eigenvalue weighted by molar-refractivity contribution is 5.38. The van der Waals surface area contributed by atoms with E-state index in [-0.39, 0.29) is 5.92 Å². The summed E-state index contributed by atoms with van der Waals surface area (Å²) in [6, 6.07) is 1.99. The molecule has 0 N–H and O–H groups in total. The topological polar surface area (TPSA) is 0 Å². The van der Waals surface area contributed by atoms with Gasteiger partial charge in [-0.2, -0.15) is 0 Å². The largest absolute Gasteiger partial charge is 0.216 e. The summed E-state index contributed by atoms with van der Waals surface area (Å²) in [6.07, 6.45) is 11.1. The van der Waals surface area contributed by atoms with Gasteiger partial charge >= 0.3 is 0 Å². The smallest absolute Gasteiger partial charge is 0.162 e. The molecule has 3 aliphatic rings. The molecule has 1 aromatic carbocycles. The number of halogens is 3. The zero-order chi connectivity index (χ0) is 18.3. The van der Waals surface area contributed by atoms with Crippen LogP contribution in [0, 0.1) is 35.3 Å². The Bertz CT molecular complexity index is 693. The van der Waals surface area contributed by atoms with Crippen molar-refractivity contribution in [2.75, 3.05) is 0 Å². The van der Waals surface area contributed by atoms with Crippen molar-refractivity contribution in [3.8, 4) is 0 Å². The van der Waals surface area contributed by atoms with Crippen LogP contribution in [0.2, 0.25) is 0 Å². The standard InChI is InChI=1S/C23H29F3/c1-14-2-4-19-13-21(23(26)22(25)20(19)10-14)18-7-6-16-11-15(8-9-24)3-5-17(16)12-18/h8-9,13-18H,2-7,10-12H2,1H3/b9-8+. The Morgan fingerprint density at radius 2 is 1.73 bits per heavy atom. The van der Waals surface area contributed by atoms with Crippen molar-refractivity contribution in [3.63, 3.8) is 0 Å². The third kappa shape index (κ3) is 3.34. The van der Waals surface area contributed by atoms with E-state index in [1.54, 1.807) is 6.08 Å². The third-order valence-electron chi connectivity index (χ3n) is 7.33. The van der Waals surface area contributed by atoms with Crippen LogP contribution >= 0.6 is 0 Å². The zero-order valence-corrected chi connectivity index (χ0v) is 15.6. The molecule has 0 heterocycles. The molecule has 0 spiro atoms. The molecule has 0 radical (unpaired) electrons. The van der Waals surface area contributed by atoms with Crippen molar-refractivity contribution in [1.82, 2.24) is 0 Å². The zero-order valence-electron chi connectivity index (χ0n) is 15.6. The lowest BCUT2D eigenvalue weighted by Gasteiger charge is -2.42. The van der Waals surface area contributed by atoms with Gasteiger partial charge in [-0.1, -0.05) is 19.1 Å². The van der Waals surface area contributed by atoms with Crippen molar-refractivity contribution in [1.29, 1.82) is 0 Å². The molecule has 142 valence electrons. The minimum absolute atomic E-state index is 0.142. The Balaban J connectivity index is 1.54. The minimum atomic E-state index is -0.588. The molecule has 0 nitrogen and oxygen atoms in total. The highest BCUT2D eigenvalue weighted by Crippen LogP contribution is 2.49. The van der Waals surface area contributed by atoms with Crippen molar-refractivity contribution in [3.05, 3.63) is 46.8 Å². The number of hydrogen-bond acceptors (Lipinski definition) is 0. The molecule has 0 amide bonds. The SMILES string of the molecule is CC1CCc2cc(C3CCC4CC(/C=C/F)CCC4C3)c(F)c(F)c2C1. The summed E-state index contributed by atoms with van der Waals surface area (Å²) >= 11 is 0. The van der Waals surface area contributed by atoms with Crippen LogP contribution in [0.1, 0.15) is 74.5 Å². The van der Waals surface area contributed by atoms with E-state index in [0.717, 1.165) is 56.9 Å². The van der Waals surface area contributed by atoms with Crippen LogP contribution in [0.25, 0.3) is 0 Å². The van der Waals surface area contributed by atoms with E-state index >= 15 is 0 Å². The van der Waals surface area contributed by atoms with E-state index in [0.29, 0.717) is 47.5 Å². The maximum atomic E-state index is 14.9. The molecular formula is C23H29F3. The summed E-state index contributed by atoms with van der Waals surface area (Å²) in [5.41, 5.74) is 2.29. The van der Waals surface area contributed by atoms with Gasteiger partial charge in [0.05, 0.1) is 6.33 Å². The van der Waals surface area contributed by atoms with Gasteiger partial charge < -0.3 is 0 Å². The average molecular weight is 362 g/mol. The number of benzene rings is 1. The molecule has 1 aromatic rings. The van der Waals surface area contributed by atoms with Crippen LogP contribution in [-0.4, -0.2) is 0 Å². The number of allylic oxidation sites excluding steroid dienone is 1. The highest BCUT2D eigenvalue weighted by Gasteiger charge is 2.37. The van der Waals surface area contributed by atoms with Crippen molar-refractivity contribution < 1.29 is 13.2 Å². The second-order valence-corrected chi connectivity index (χ2v) is 9.00. The molecule has 0 aliphatic heterocycles. The van der Waals surface area contributed by atoms with Crippen LogP contribution < -0.4 is 0 Å². The van der Waals surface area contributed by atoms with Crippen LogP contribution in [0.5, 0.6) is 0 Å². The Kier molecular flexibility index (Phi) is 5.16. The molecular weight excluding hydrogens is 333 g/mol. The van der Waals surface area contributed by atoms with Gasteiger partial charge in [0.15, 0.2) is 11.6 Å². The first-order valence-corrected chi connectivity index (χ1v) is 10.3. The molecule has 0 saturated heterocycles. The Hall–Kier alpha value is -1.25. The number of hydrogen-bond donors (Lipinski definition) is 0. The van der Waals surface area contributed by atoms with Crippen molar-refractivity contribution in [2.45, 2.75) is 70.6 Å². The summed E-state index contributed by atoms with van der Waals surface area (Å²) in [5, 5.41) is 0. The lowest BCUT2D eigenvalue weighted by molar-refractivity contribution is 0.132. The lowest BCUT2D eigenvalue weighted by atomic mass is 9.63. The summed E-state index contributed by atoms with van der Waals surface area (Å²) < 4.78 is 42.1. The van der Waals surface area contributed by atoms with Gasteiger partial charge in [0, 0.05) is 0 Å². The van der Waals surface area contributed by atoms with Gasteiger partial charge in [-0.15, -0.1) is 0 Å². The predicted molar refractivity (Wildman–Crippen MR) is 98.7 cm³/mol. The first-order chi connectivity index (χ1) is 12.6. The Morgan fingerprint density at radius 3 is 2.54 bits per heavy atom. The summed E-state index contributed by atoms with van der Waals surface area (Å²) in [5.74, 6) is 0.968. The second-order valence-electron chi connectivity index (χ2n) is 9.00. The van der Waals surface area contributed by atoms with Gasteiger partial charge in [0.1, 0.15) is 0 Å². The Labute approximate surface area is 154 Å². The van der Waals surface area contributed by atoms with Gasteiger partial charge in [-0.3, -0.25) is 0 Å². The van der Waals surface area contributed by atoms with Crippen molar-refractivity contribution in [2.24, 2.45) is 23.7 Å². The van der Waals surface area contributed by atoms with E-state index in [1.165, 1.54) is 0 Å². The highest BCUT2D eigenvalue weighted by atomic mass is 19.2. The van der Waals surface area contributed by atoms with E-state index in [2.05, 4.69) is 6.92 Å². The Morgan fingerprint density at radius 1 is 0.962 bits per heavy atom. The van der Waals surface area contributed by atoms with Gasteiger partial charge in [0.2, 0.25) is 0 Å². The maximum Gasteiger partial charge on any atom is 0.162 e. The van der Waals surface area contributed by atoms with E-state index in [9.17, 15) is 13.2 Å². The third-order valence-corrected chi connectivity index (χ3v) is 7.33. The van der Waals surface area contributed by atoms with Crippen LogP contribution in [-0.2, 0) is 12.8 Å². The van der Waals surface area contributed by atoms with Crippen molar-refractivity contribution >= 4 is 0 Å². The van der Waals surface area contributed by atoms with E-state index in [1.807, 2.05) is 6.07 Å². The summed E-state index contributed by atoms with van der Waals surface area (Å²) in [7, 11) is 0. The van der Waals surface area contributed by atoms with E-state index in [4.69, 9.17) is 0 Å². The molecule has 3 aliphatic carbocycles. The fourth-order valence-corrected chi connectivity index (χ4v) is 5.82. The molecule has 3 heteroatoms. The predicted octanol–water partition coefficient (Wildman–Crippen LogP) is 6.87. The van der Waals surface area contributed by atoms with Crippen LogP contribution in [0.15, 0.2) is 18.5 Å². The number of aryl methyl sites for hydroxylation is 1. The van der Waals surface area contributed by atoms with Crippen LogP contribution in [0.3, 0.4) is 0 Å². The summed E-state index contributed by atoms with van der Waals surface area (Å²) in [4.78, 5) is 0. The first-order valence-electron chi connectivity index (χ1n) is 10.3. The van der Waals surface area contributed by atoms with Gasteiger partial charge in [0.25, 0.3) is 0 Å². The quantitative estimate of drug-likeness (QED) is 0.538. The molecule has 4 rings (SSSR count). The van der Waals surface area contributed by atoms with Gasteiger partial charge in [-0.05, 0) is 104 Å². The molecule has 2 fully saturated rings. The lowest BCUT2D eigenvalue weighted by Crippen LogP contribution is -2.30. The summed E-state index contributed by atoms with van der Waals surface area (Å²) in [6.45, 7) is 2.11. The molecule has 0 aromatic heterocycles. The number of fused-ring (bicyclic) bond motifs is 2. The maximum absolute atomic E-state index is 14.9. The number of rotatable bonds is 2. The second kappa shape index (κ2) is 7.40. The molecule has 5 unspecified atom stereocenters. The van der Waals surface area contributed by atoms with E-state index < -0.39 is 11.6 Å². The molecule has 26 heavy (non-hydrogen) atoms. The van der Waals surface area contributed by atoms with Crippen LogP contribution in [0.4, 0.5) is 13.2 Å². The fraction of sp³-hybridized carbons (Fsp3) is 0.652. The normalized spacial score (nSPS) is 34.5. The first kappa shape index (κ1) is 18.1. The molecule has 2 saturated carbocycles. The van der Waals surface area contributed by atoms with Gasteiger partial charge in [-0.25, -0.2) is 13.2 Å².